The van der Waals surface area contributed by atoms with Crippen molar-refractivity contribution in [2.24, 2.45) is 5.92 Å². The first-order valence-corrected chi connectivity index (χ1v) is 9.28. The highest BCUT2D eigenvalue weighted by molar-refractivity contribution is 9.10. The van der Waals surface area contributed by atoms with Crippen molar-refractivity contribution in [3.8, 4) is 0 Å². The number of anilines is 1. The van der Waals surface area contributed by atoms with E-state index < -0.39 is 10.0 Å². The summed E-state index contributed by atoms with van der Waals surface area (Å²) >= 11 is 3.52. The Balaban J connectivity index is 2.04. The molecule has 0 spiro atoms. The molecule has 0 N–H and O–H groups in total. The summed E-state index contributed by atoms with van der Waals surface area (Å²) in [5.41, 5.74) is 1.13. The van der Waals surface area contributed by atoms with Crippen molar-refractivity contribution in [1.82, 2.24) is 9.29 Å². The zero-order valence-electron chi connectivity index (χ0n) is 11.8. The normalized spacial score (nSPS) is 20.4. The van der Waals surface area contributed by atoms with Gasteiger partial charge in [-0.05, 0) is 40.8 Å². The summed E-state index contributed by atoms with van der Waals surface area (Å²) in [5.74, 6) is 0.364. The summed E-state index contributed by atoms with van der Waals surface area (Å²) in [6.45, 7) is 2.46. The van der Waals surface area contributed by atoms with Gasteiger partial charge in [0.15, 0.2) is 0 Å². The van der Waals surface area contributed by atoms with Gasteiger partial charge in [0.25, 0.3) is 0 Å². The van der Waals surface area contributed by atoms with Gasteiger partial charge in [0, 0.05) is 39.1 Å². The Morgan fingerprint density at radius 2 is 2.30 bits per heavy atom. The van der Waals surface area contributed by atoms with Gasteiger partial charge in [0.05, 0.1) is 16.4 Å². The first kappa shape index (κ1) is 15.7. The molecule has 0 aromatic carbocycles. The second-order valence-electron chi connectivity index (χ2n) is 5.32. The first-order valence-electron chi connectivity index (χ1n) is 6.63. The van der Waals surface area contributed by atoms with Crippen LogP contribution in [0.2, 0.25) is 0 Å². The fourth-order valence-electron chi connectivity index (χ4n) is 2.56. The number of halogens is 1. The molecule has 2 rings (SSSR count). The van der Waals surface area contributed by atoms with Crippen molar-refractivity contribution < 1.29 is 8.42 Å². The van der Waals surface area contributed by atoms with E-state index in [-0.39, 0.29) is 0 Å². The van der Waals surface area contributed by atoms with Crippen LogP contribution in [0, 0.1) is 5.92 Å². The van der Waals surface area contributed by atoms with Crippen molar-refractivity contribution in [3.63, 3.8) is 0 Å². The Kier molecular flexibility index (Phi) is 5.04. The minimum Gasteiger partial charge on any atom is -0.370 e. The van der Waals surface area contributed by atoms with Crippen LogP contribution in [0.25, 0.3) is 0 Å². The fourth-order valence-corrected chi connectivity index (χ4v) is 3.54. The van der Waals surface area contributed by atoms with Gasteiger partial charge >= 0.3 is 0 Å². The van der Waals surface area contributed by atoms with Crippen LogP contribution in [-0.2, 0) is 10.0 Å². The number of pyridine rings is 1. The molecule has 7 heteroatoms. The molecule has 1 aliphatic heterocycles. The number of sulfonamides is 1. The third kappa shape index (κ3) is 3.93. The van der Waals surface area contributed by atoms with Crippen LogP contribution in [0.4, 0.5) is 5.69 Å². The molecule has 1 aromatic rings. The average Bonchev–Trinajstić information content (AvgIpc) is 2.38. The van der Waals surface area contributed by atoms with E-state index in [2.05, 4.69) is 25.8 Å². The van der Waals surface area contributed by atoms with E-state index >= 15 is 0 Å². The third-order valence-corrected chi connectivity index (χ3v) is 5.58. The Labute approximate surface area is 129 Å². The number of hydrogen-bond donors (Lipinski definition) is 0. The van der Waals surface area contributed by atoms with E-state index in [0.717, 1.165) is 36.1 Å². The van der Waals surface area contributed by atoms with E-state index in [4.69, 9.17) is 0 Å². The molecule has 0 bridgehead atoms. The number of hydrogen-bond acceptors (Lipinski definition) is 4. The van der Waals surface area contributed by atoms with Crippen molar-refractivity contribution >= 4 is 31.6 Å². The number of piperidine rings is 1. The maximum absolute atomic E-state index is 11.5. The van der Waals surface area contributed by atoms with Crippen molar-refractivity contribution in [1.29, 1.82) is 0 Å². The molecule has 0 radical (unpaired) electrons. The van der Waals surface area contributed by atoms with Crippen LogP contribution in [0.5, 0.6) is 0 Å². The Bertz CT molecular complexity index is 564. The van der Waals surface area contributed by atoms with Gasteiger partial charge in [0.2, 0.25) is 10.0 Å². The van der Waals surface area contributed by atoms with Gasteiger partial charge in [-0.1, -0.05) is 0 Å². The van der Waals surface area contributed by atoms with Crippen LogP contribution in [0.15, 0.2) is 22.9 Å². The highest BCUT2D eigenvalue weighted by atomic mass is 79.9. The summed E-state index contributed by atoms with van der Waals surface area (Å²) in [6, 6.07) is 1.99. The predicted octanol–water partition coefficient (Wildman–Crippen LogP) is 1.95. The number of aromatic nitrogens is 1. The smallest absolute Gasteiger partial charge is 0.210 e. The van der Waals surface area contributed by atoms with Crippen molar-refractivity contribution in [3.05, 3.63) is 22.9 Å². The van der Waals surface area contributed by atoms with Gasteiger partial charge in [-0.2, -0.15) is 0 Å². The predicted molar refractivity (Wildman–Crippen MR) is 84.3 cm³/mol. The second kappa shape index (κ2) is 6.41. The Hall–Kier alpha value is -0.660. The molecule has 20 heavy (non-hydrogen) atoms. The molecule has 1 fully saturated rings. The first-order chi connectivity index (χ1) is 9.38. The van der Waals surface area contributed by atoms with Crippen molar-refractivity contribution in [2.75, 3.05) is 37.8 Å². The lowest BCUT2D eigenvalue weighted by Gasteiger charge is -2.36. The van der Waals surface area contributed by atoms with E-state index in [1.54, 1.807) is 19.4 Å². The maximum Gasteiger partial charge on any atom is 0.210 e. The highest BCUT2D eigenvalue weighted by Gasteiger charge is 2.24. The molecule has 1 aromatic heterocycles. The molecule has 0 aliphatic carbocycles. The summed E-state index contributed by atoms with van der Waals surface area (Å²) in [6.07, 6.45) is 6.98. The number of nitrogens with zero attached hydrogens (tertiary/aromatic N) is 3. The Morgan fingerprint density at radius 3 is 2.95 bits per heavy atom. The summed E-state index contributed by atoms with van der Waals surface area (Å²) in [7, 11) is -1.45. The molecular formula is C13H20BrN3O2S. The van der Waals surface area contributed by atoms with Crippen LogP contribution in [-0.4, -0.2) is 50.6 Å². The summed E-state index contributed by atoms with van der Waals surface area (Å²) in [4.78, 5) is 6.38. The number of rotatable bonds is 4. The molecule has 0 amide bonds. The highest BCUT2D eigenvalue weighted by Crippen LogP contribution is 2.29. The maximum atomic E-state index is 11.5. The lowest BCUT2D eigenvalue weighted by atomic mass is 9.97. The lowest BCUT2D eigenvalue weighted by molar-refractivity contribution is 0.337. The van der Waals surface area contributed by atoms with Crippen LogP contribution in [0.3, 0.4) is 0 Å². The lowest BCUT2D eigenvalue weighted by Crippen LogP contribution is -2.41. The molecule has 112 valence electrons. The quantitative estimate of drug-likeness (QED) is 0.822. The summed E-state index contributed by atoms with van der Waals surface area (Å²) < 4.78 is 25.4. The van der Waals surface area contributed by atoms with Gasteiger partial charge in [0.1, 0.15) is 0 Å². The Morgan fingerprint density at radius 1 is 1.55 bits per heavy atom. The fraction of sp³-hybridized carbons (Fsp3) is 0.615. The van der Waals surface area contributed by atoms with Gasteiger partial charge in [-0.25, -0.2) is 12.7 Å². The van der Waals surface area contributed by atoms with Gasteiger partial charge in [-0.15, -0.1) is 0 Å². The largest absolute Gasteiger partial charge is 0.370 e. The molecule has 5 nitrogen and oxygen atoms in total. The van der Waals surface area contributed by atoms with Crippen LogP contribution >= 0.6 is 15.9 Å². The molecule has 1 saturated heterocycles. The minimum absolute atomic E-state index is 0.364. The second-order valence-corrected chi connectivity index (χ2v) is 8.27. The summed E-state index contributed by atoms with van der Waals surface area (Å²) in [5, 5.41) is 0. The average molecular weight is 362 g/mol. The van der Waals surface area contributed by atoms with E-state index in [0.29, 0.717) is 12.5 Å². The third-order valence-electron chi connectivity index (χ3n) is 3.69. The topological polar surface area (TPSA) is 53.5 Å². The molecule has 1 unspecified atom stereocenters. The molecule has 0 saturated carbocycles. The molecule has 1 aliphatic rings. The van der Waals surface area contributed by atoms with Crippen molar-refractivity contribution in [2.45, 2.75) is 12.8 Å². The molecule has 2 heterocycles. The zero-order chi connectivity index (χ0) is 14.8. The van der Waals surface area contributed by atoms with Crippen LogP contribution < -0.4 is 4.90 Å². The monoisotopic (exact) mass is 361 g/mol. The minimum atomic E-state index is -3.10. The zero-order valence-corrected chi connectivity index (χ0v) is 14.2. The standard InChI is InChI=1S/C13H20BrN3O2S/c1-16(20(2,18)19)9-11-4-3-7-17(10-11)13-5-6-15-8-12(13)14/h5-6,8,11H,3-4,7,9-10H2,1-2H3. The van der Waals surface area contributed by atoms with E-state index in [1.165, 1.54) is 10.6 Å². The molecule has 1 atom stereocenters. The van der Waals surface area contributed by atoms with E-state index in [1.807, 2.05) is 6.07 Å². The SMILES string of the molecule is CN(CC1CCCN(c2ccncc2Br)C1)S(C)(=O)=O. The van der Waals surface area contributed by atoms with Gasteiger partial charge < -0.3 is 4.90 Å². The van der Waals surface area contributed by atoms with Crippen LogP contribution in [0.1, 0.15) is 12.8 Å². The molecular weight excluding hydrogens is 342 g/mol. The van der Waals surface area contributed by atoms with E-state index in [9.17, 15) is 8.42 Å². The van der Waals surface area contributed by atoms with Gasteiger partial charge in [-0.3, -0.25) is 4.98 Å².